The number of halogens is 2. The number of anilines is 1. The third-order valence-electron chi connectivity index (χ3n) is 3.31. The van der Waals surface area contributed by atoms with Gasteiger partial charge in [0.05, 0.1) is 24.3 Å². The minimum absolute atomic E-state index is 0.0394. The number of methoxy groups -OCH3 is 1. The summed E-state index contributed by atoms with van der Waals surface area (Å²) in [4.78, 5) is 11.1. The number of carboxylic acids is 1. The van der Waals surface area contributed by atoms with Crippen molar-refractivity contribution >= 4 is 34.9 Å². The van der Waals surface area contributed by atoms with Gasteiger partial charge in [0.15, 0.2) is 11.5 Å². The van der Waals surface area contributed by atoms with Crippen molar-refractivity contribution in [3.8, 4) is 11.5 Å². The Hall–Kier alpha value is -2.11. The normalized spacial score (nSPS) is 10.3. The first kappa shape index (κ1) is 18.2. The molecule has 2 aromatic rings. The molecule has 0 unspecified atom stereocenters. The molecule has 2 aromatic carbocycles. The molecule has 0 heterocycles. The maximum absolute atomic E-state index is 11.1. The fourth-order valence-electron chi connectivity index (χ4n) is 2.14. The minimum Gasteiger partial charge on any atom is -0.493 e. The van der Waals surface area contributed by atoms with E-state index in [0.29, 0.717) is 35.4 Å². The van der Waals surface area contributed by atoms with Gasteiger partial charge >= 0.3 is 5.97 Å². The van der Waals surface area contributed by atoms with E-state index in [0.717, 1.165) is 5.56 Å². The smallest absolute Gasteiger partial charge is 0.337 e. The van der Waals surface area contributed by atoms with Gasteiger partial charge in [-0.25, -0.2) is 4.79 Å². The van der Waals surface area contributed by atoms with Gasteiger partial charge in [-0.3, -0.25) is 0 Å². The molecule has 0 bridgehead atoms. The summed E-state index contributed by atoms with van der Waals surface area (Å²) >= 11 is 12.1. The molecule has 2 rings (SSSR count). The molecule has 0 aliphatic rings. The van der Waals surface area contributed by atoms with Crippen LogP contribution in [0.1, 0.15) is 22.8 Å². The van der Waals surface area contributed by atoms with Gasteiger partial charge in [0.2, 0.25) is 0 Å². The molecule has 128 valence electrons. The number of carboxylic acid groups (broad SMARTS) is 1. The molecule has 0 radical (unpaired) electrons. The topological polar surface area (TPSA) is 67.8 Å². The number of hydrogen-bond donors (Lipinski definition) is 2. The quantitative estimate of drug-likeness (QED) is 0.739. The van der Waals surface area contributed by atoms with Gasteiger partial charge in [-0.15, -0.1) is 0 Å². The summed E-state index contributed by atoms with van der Waals surface area (Å²) in [6.07, 6.45) is 0. The number of benzene rings is 2. The van der Waals surface area contributed by atoms with Crippen molar-refractivity contribution in [1.29, 1.82) is 0 Å². The van der Waals surface area contributed by atoms with Crippen molar-refractivity contribution in [3.05, 3.63) is 51.5 Å². The highest BCUT2D eigenvalue weighted by atomic mass is 35.5. The number of hydrogen-bond acceptors (Lipinski definition) is 4. The summed E-state index contributed by atoms with van der Waals surface area (Å²) in [6.45, 7) is 2.78. The molecule has 5 nitrogen and oxygen atoms in total. The second-order valence-corrected chi connectivity index (χ2v) is 5.70. The lowest BCUT2D eigenvalue weighted by atomic mass is 10.1. The van der Waals surface area contributed by atoms with E-state index in [4.69, 9.17) is 37.8 Å². The summed E-state index contributed by atoms with van der Waals surface area (Å²) in [5.74, 6) is 0.0820. The average Bonchev–Trinajstić information content (AvgIpc) is 2.56. The Balaban J connectivity index is 2.21. The van der Waals surface area contributed by atoms with Gasteiger partial charge in [-0.05, 0) is 36.8 Å². The van der Waals surface area contributed by atoms with Crippen LogP contribution in [-0.4, -0.2) is 24.8 Å². The summed E-state index contributed by atoms with van der Waals surface area (Å²) in [5, 5.41) is 12.9. The Morgan fingerprint density at radius 2 is 1.92 bits per heavy atom. The first-order chi connectivity index (χ1) is 11.5. The summed E-state index contributed by atoms with van der Waals surface area (Å²) < 4.78 is 10.8. The van der Waals surface area contributed by atoms with E-state index in [1.807, 2.05) is 6.92 Å². The molecule has 0 aliphatic carbocycles. The molecule has 0 amide bonds. The second-order valence-electron chi connectivity index (χ2n) is 4.88. The first-order valence-electron chi connectivity index (χ1n) is 7.22. The summed E-state index contributed by atoms with van der Waals surface area (Å²) in [5.41, 5.74) is 1.46. The fraction of sp³-hybridized carbons (Fsp3) is 0.235. The second kappa shape index (κ2) is 8.13. The van der Waals surface area contributed by atoms with E-state index in [-0.39, 0.29) is 10.6 Å². The zero-order valence-electron chi connectivity index (χ0n) is 13.2. The van der Waals surface area contributed by atoms with E-state index in [1.54, 1.807) is 25.3 Å². The van der Waals surface area contributed by atoms with Crippen molar-refractivity contribution in [1.82, 2.24) is 0 Å². The van der Waals surface area contributed by atoms with Gasteiger partial charge in [-0.2, -0.15) is 0 Å². The van der Waals surface area contributed by atoms with E-state index in [2.05, 4.69) is 5.32 Å². The van der Waals surface area contributed by atoms with E-state index in [1.165, 1.54) is 12.1 Å². The van der Waals surface area contributed by atoms with Crippen LogP contribution in [0.5, 0.6) is 11.5 Å². The Morgan fingerprint density at radius 3 is 2.54 bits per heavy atom. The summed E-state index contributed by atoms with van der Waals surface area (Å²) in [6, 6.07) is 8.20. The number of aromatic carboxylic acids is 1. The Kier molecular flexibility index (Phi) is 6.17. The zero-order valence-corrected chi connectivity index (χ0v) is 14.7. The molecule has 0 fully saturated rings. The van der Waals surface area contributed by atoms with Crippen LogP contribution in [0.4, 0.5) is 5.69 Å². The molecule has 0 atom stereocenters. The average molecular weight is 370 g/mol. The number of rotatable bonds is 7. The van der Waals surface area contributed by atoms with Crippen molar-refractivity contribution in [2.75, 3.05) is 19.0 Å². The minimum atomic E-state index is -1.08. The van der Waals surface area contributed by atoms with Crippen LogP contribution in [0.15, 0.2) is 30.3 Å². The van der Waals surface area contributed by atoms with Crippen LogP contribution >= 0.6 is 23.2 Å². The lowest BCUT2D eigenvalue weighted by Gasteiger charge is -2.14. The molecule has 0 aromatic heterocycles. The zero-order chi connectivity index (χ0) is 17.7. The lowest BCUT2D eigenvalue weighted by Crippen LogP contribution is -2.04. The summed E-state index contributed by atoms with van der Waals surface area (Å²) in [7, 11) is 1.55. The molecular formula is C17H17Cl2NO4. The highest BCUT2D eigenvalue weighted by Crippen LogP contribution is 2.34. The predicted molar refractivity (Wildman–Crippen MR) is 94.9 cm³/mol. The van der Waals surface area contributed by atoms with Gasteiger partial charge in [0, 0.05) is 23.3 Å². The Labute approximate surface area is 150 Å². The Morgan fingerprint density at radius 1 is 1.17 bits per heavy atom. The van der Waals surface area contributed by atoms with Crippen LogP contribution in [-0.2, 0) is 6.54 Å². The molecule has 7 heteroatoms. The van der Waals surface area contributed by atoms with Gasteiger partial charge < -0.3 is 19.9 Å². The van der Waals surface area contributed by atoms with Gasteiger partial charge in [0.1, 0.15) is 0 Å². The monoisotopic (exact) mass is 369 g/mol. The van der Waals surface area contributed by atoms with E-state index >= 15 is 0 Å². The van der Waals surface area contributed by atoms with Crippen LogP contribution in [0.3, 0.4) is 0 Å². The molecule has 0 saturated heterocycles. The fourth-order valence-corrected chi connectivity index (χ4v) is 2.56. The van der Waals surface area contributed by atoms with Crippen molar-refractivity contribution in [3.63, 3.8) is 0 Å². The van der Waals surface area contributed by atoms with Crippen molar-refractivity contribution < 1.29 is 19.4 Å². The number of carbonyl (C=O) groups is 1. The molecule has 0 aliphatic heterocycles. The highest BCUT2D eigenvalue weighted by molar-refractivity contribution is 6.33. The molecular weight excluding hydrogens is 353 g/mol. The lowest BCUT2D eigenvalue weighted by molar-refractivity contribution is 0.0697. The molecule has 2 N–H and O–H groups in total. The molecule has 0 spiro atoms. The van der Waals surface area contributed by atoms with Crippen LogP contribution in [0.2, 0.25) is 10.0 Å². The molecule has 24 heavy (non-hydrogen) atoms. The van der Waals surface area contributed by atoms with Crippen LogP contribution in [0, 0.1) is 0 Å². The Bertz CT molecular complexity index is 750. The third kappa shape index (κ3) is 4.24. The van der Waals surface area contributed by atoms with E-state index in [9.17, 15) is 4.79 Å². The highest BCUT2D eigenvalue weighted by Gasteiger charge is 2.12. The SMILES string of the molecule is CCOc1cc(CNc2ccc(Cl)c(C(=O)O)c2)c(Cl)cc1OC. The van der Waals surface area contributed by atoms with Gasteiger partial charge in [-0.1, -0.05) is 23.2 Å². The first-order valence-corrected chi connectivity index (χ1v) is 7.97. The number of nitrogens with one attached hydrogen (secondary N) is 1. The standard InChI is InChI=1S/C17H17Cl2NO4/c1-3-24-16-6-10(14(19)8-15(16)23-2)9-20-11-4-5-13(18)12(7-11)17(21)22/h4-8,20H,3,9H2,1-2H3,(H,21,22). The molecule has 0 saturated carbocycles. The van der Waals surface area contributed by atoms with Crippen molar-refractivity contribution in [2.45, 2.75) is 13.5 Å². The maximum atomic E-state index is 11.1. The van der Waals surface area contributed by atoms with Crippen LogP contribution in [0.25, 0.3) is 0 Å². The van der Waals surface area contributed by atoms with E-state index < -0.39 is 5.97 Å². The predicted octanol–water partition coefficient (Wildman–Crippen LogP) is 4.71. The van der Waals surface area contributed by atoms with Gasteiger partial charge in [0.25, 0.3) is 0 Å². The number of ether oxygens (including phenoxy) is 2. The largest absolute Gasteiger partial charge is 0.493 e. The maximum Gasteiger partial charge on any atom is 0.337 e. The third-order valence-corrected chi connectivity index (χ3v) is 3.99. The van der Waals surface area contributed by atoms with Crippen LogP contribution < -0.4 is 14.8 Å². The van der Waals surface area contributed by atoms with Crippen molar-refractivity contribution in [2.24, 2.45) is 0 Å².